The van der Waals surface area contributed by atoms with Gasteiger partial charge in [0.25, 0.3) is 0 Å². The smallest absolute Gasteiger partial charge is 0.335 e. The zero-order valence-corrected chi connectivity index (χ0v) is 41.0. The molecule has 16 nitrogen and oxygen atoms in total. The number of fused-ring (bicyclic) bond motifs is 4. The summed E-state index contributed by atoms with van der Waals surface area (Å²) < 4.78 is 0. The highest BCUT2D eigenvalue weighted by Crippen LogP contribution is 2.44. The number of amides is 2. The van der Waals surface area contributed by atoms with E-state index in [2.05, 4.69) is 80.7 Å². The molecule has 4 aromatic carbocycles. The van der Waals surface area contributed by atoms with E-state index >= 15 is 0 Å². The lowest BCUT2D eigenvalue weighted by Crippen LogP contribution is -2.48. The average Bonchev–Trinajstić information content (AvgIpc) is 4.01. The van der Waals surface area contributed by atoms with Crippen molar-refractivity contribution in [3.05, 3.63) is 143 Å². The molecule has 2 amide bonds. The van der Waals surface area contributed by atoms with Crippen LogP contribution in [0.4, 0.5) is 0 Å². The van der Waals surface area contributed by atoms with E-state index < -0.39 is 24.1 Å². The minimum absolute atomic E-state index is 0.185. The fourth-order valence-electron chi connectivity index (χ4n) is 10.8. The van der Waals surface area contributed by atoms with E-state index in [1.165, 1.54) is 44.2 Å². The molecule has 16 heteroatoms. The third-order valence-electron chi connectivity index (χ3n) is 14.6. The molecule has 2 aliphatic heterocycles. The standard InChI is InChI=1S/2C26H29N3O2.C4H6O6/c2*1-3-28(4-2)26(31)19-12-21-20-9-7-10-22-25(20)18(14-27-22)13-23(21)29(16-19)15-17-8-5-6-11-24(17)30;5-1(3(7)8)2(6)4(9)10/h2*5-12,14,19,23,27,30H,3-4,13,15-16H2,1-2H3;1-2,5-6H,(H,7,8)(H,9,10)/t2*19-,23-;/m11./s1. The molecule has 0 saturated heterocycles. The van der Waals surface area contributed by atoms with Crippen LogP contribution in [0.1, 0.15) is 61.1 Å². The number of aliphatic hydroxyl groups is 2. The number of carbonyl (C=O) groups is 4. The van der Waals surface area contributed by atoms with E-state index in [0.717, 1.165) is 61.2 Å². The molecule has 6 atom stereocenters. The summed E-state index contributed by atoms with van der Waals surface area (Å²) in [5.41, 5.74) is 11.7. The van der Waals surface area contributed by atoms with E-state index in [0.29, 0.717) is 37.7 Å². The van der Waals surface area contributed by atoms with Gasteiger partial charge in [-0.2, -0.15) is 0 Å². The lowest BCUT2D eigenvalue weighted by molar-refractivity contribution is -0.165. The number of rotatable bonds is 13. The number of phenolic OH excluding ortho intramolecular Hbond substituents is 2. The van der Waals surface area contributed by atoms with E-state index in [9.17, 15) is 29.4 Å². The number of aliphatic carboxylic acids is 2. The molecule has 0 fully saturated rings. The number of nitrogens with zero attached hydrogens (tertiary/aromatic N) is 4. The summed E-state index contributed by atoms with van der Waals surface area (Å²) in [6, 6.07) is 28.2. The van der Waals surface area contributed by atoms with Crippen LogP contribution in [0.15, 0.2) is 109 Å². The highest BCUT2D eigenvalue weighted by molar-refractivity contribution is 6.00. The third kappa shape index (κ3) is 10.3. The minimum Gasteiger partial charge on any atom is -0.508 e. The first-order chi connectivity index (χ1) is 34.7. The lowest BCUT2D eigenvalue weighted by atomic mass is 9.79. The van der Waals surface area contributed by atoms with Crippen LogP contribution in [-0.4, -0.2) is 148 Å². The number of aromatic nitrogens is 2. The molecule has 10 rings (SSSR count). The van der Waals surface area contributed by atoms with Crippen LogP contribution in [0, 0.1) is 11.8 Å². The Morgan fingerprint density at radius 1 is 0.569 bits per heavy atom. The van der Waals surface area contributed by atoms with Crippen LogP contribution in [-0.2, 0) is 45.1 Å². The molecule has 2 aliphatic carbocycles. The molecule has 0 spiro atoms. The molecular formula is C56H64N6O10. The Morgan fingerprint density at radius 3 is 1.29 bits per heavy atom. The molecule has 72 heavy (non-hydrogen) atoms. The quantitative estimate of drug-likeness (QED) is 0.0643. The number of benzene rings is 4. The van der Waals surface area contributed by atoms with Gasteiger partial charge in [-0.05, 0) is 98.2 Å². The van der Waals surface area contributed by atoms with Crippen LogP contribution >= 0.6 is 0 Å². The molecule has 0 radical (unpaired) electrons. The van der Waals surface area contributed by atoms with Crippen LogP contribution < -0.4 is 0 Å². The number of carbonyl (C=O) groups excluding carboxylic acids is 2. The van der Waals surface area contributed by atoms with E-state index in [1.807, 2.05) is 73.9 Å². The lowest BCUT2D eigenvalue weighted by Gasteiger charge is -2.42. The summed E-state index contributed by atoms with van der Waals surface area (Å²) in [6.07, 6.45) is 5.96. The maximum atomic E-state index is 13.3. The first kappa shape index (κ1) is 51.1. The zero-order chi connectivity index (χ0) is 51.4. The van der Waals surface area contributed by atoms with Crippen LogP contribution in [0.5, 0.6) is 11.5 Å². The van der Waals surface area contributed by atoms with Crippen molar-refractivity contribution in [1.29, 1.82) is 0 Å². The van der Waals surface area contributed by atoms with Gasteiger partial charge in [-0.25, -0.2) is 9.59 Å². The number of hydrogen-bond acceptors (Lipinski definition) is 10. The number of nitrogens with one attached hydrogen (secondary N) is 2. The van der Waals surface area contributed by atoms with Crippen molar-refractivity contribution in [2.45, 2.75) is 77.9 Å². The summed E-state index contributed by atoms with van der Waals surface area (Å²) in [6.45, 7) is 13.6. The monoisotopic (exact) mass is 980 g/mol. The molecule has 8 N–H and O–H groups in total. The maximum absolute atomic E-state index is 13.3. The molecule has 0 bridgehead atoms. The summed E-state index contributed by atoms with van der Waals surface area (Å²) >= 11 is 0. The largest absolute Gasteiger partial charge is 0.508 e. The Kier molecular flexibility index (Phi) is 15.6. The predicted octanol–water partition coefficient (Wildman–Crippen LogP) is 6.24. The Bertz CT molecular complexity index is 2820. The average molecular weight is 981 g/mol. The molecule has 2 aromatic heterocycles. The molecule has 2 unspecified atom stereocenters. The predicted molar refractivity (Wildman–Crippen MR) is 275 cm³/mol. The highest BCUT2D eigenvalue weighted by Gasteiger charge is 2.40. The van der Waals surface area contributed by atoms with Crippen molar-refractivity contribution in [3.63, 3.8) is 0 Å². The summed E-state index contributed by atoms with van der Waals surface area (Å²) in [4.78, 5) is 61.6. The van der Waals surface area contributed by atoms with Crippen molar-refractivity contribution in [1.82, 2.24) is 29.6 Å². The van der Waals surface area contributed by atoms with Gasteiger partial charge < -0.3 is 50.4 Å². The third-order valence-corrected chi connectivity index (χ3v) is 14.6. The van der Waals surface area contributed by atoms with Crippen LogP contribution in [0.25, 0.3) is 33.0 Å². The minimum atomic E-state index is -2.27. The summed E-state index contributed by atoms with van der Waals surface area (Å²) in [7, 11) is 0. The van der Waals surface area contributed by atoms with Gasteiger partial charge in [-0.3, -0.25) is 19.4 Å². The number of H-pyrrole nitrogens is 2. The van der Waals surface area contributed by atoms with Gasteiger partial charge >= 0.3 is 11.9 Å². The Morgan fingerprint density at radius 2 is 0.944 bits per heavy atom. The SMILES string of the molecule is CCN(CC)C(=O)[C@@H]1C=C2c3cccc4[nH]cc(c34)C[C@H]2N(Cc2ccccc2O)C1.CCN(CC)C(=O)[C@@H]1C=C2c3cccc4[nH]cc(c34)C[C@H]2N(Cc2ccccc2O)C1.O=C(O)C(O)C(O)C(=O)O. The second kappa shape index (κ2) is 22.0. The van der Waals surface area contributed by atoms with Crippen molar-refractivity contribution >= 4 is 56.7 Å². The van der Waals surface area contributed by atoms with Crippen molar-refractivity contribution in [3.8, 4) is 11.5 Å². The van der Waals surface area contributed by atoms with Crippen molar-refractivity contribution in [2.24, 2.45) is 11.8 Å². The number of phenols is 2. The number of aromatic amines is 2. The van der Waals surface area contributed by atoms with Gasteiger partial charge in [-0.15, -0.1) is 0 Å². The van der Waals surface area contributed by atoms with Gasteiger partial charge in [0.15, 0.2) is 12.2 Å². The van der Waals surface area contributed by atoms with Gasteiger partial charge in [0, 0.05) is 110 Å². The molecule has 4 heterocycles. The number of carboxylic acids is 2. The molecule has 6 aromatic rings. The summed E-state index contributed by atoms with van der Waals surface area (Å²) in [5, 5.41) is 55.9. The normalized spacial score (nSPS) is 19.8. The van der Waals surface area contributed by atoms with E-state index in [1.54, 1.807) is 12.1 Å². The van der Waals surface area contributed by atoms with Gasteiger partial charge in [0.1, 0.15) is 11.5 Å². The Labute approximate surface area is 418 Å². The van der Waals surface area contributed by atoms with Gasteiger partial charge in [-0.1, -0.05) is 72.8 Å². The summed E-state index contributed by atoms with van der Waals surface area (Å²) in [5.74, 6) is -2.92. The van der Waals surface area contributed by atoms with Crippen LogP contribution in [0.3, 0.4) is 0 Å². The Hall–Kier alpha value is -7.24. The van der Waals surface area contributed by atoms with E-state index in [4.69, 9.17) is 20.4 Å². The van der Waals surface area contributed by atoms with Crippen LogP contribution in [0.2, 0.25) is 0 Å². The van der Waals surface area contributed by atoms with E-state index in [-0.39, 0.29) is 35.7 Å². The highest BCUT2D eigenvalue weighted by atomic mass is 16.4. The molecule has 4 aliphatic rings. The Balaban J connectivity index is 0.000000163. The topological polar surface area (TPSA) is 234 Å². The zero-order valence-electron chi connectivity index (χ0n) is 41.0. The van der Waals surface area contributed by atoms with Gasteiger partial charge in [0.2, 0.25) is 11.8 Å². The molecule has 0 saturated carbocycles. The first-order valence-corrected chi connectivity index (χ1v) is 24.7. The second-order valence-electron chi connectivity index (χ2n) is 18.7. The number of hydrogen-bond donors (Lipinski definition) is 8. The number of carboxylic acid groups (broad SMARTS) is 2. The number of para-hydroxylation sites is 2. The second-order valence-corrected chi connectivity index (χ2v) is 18.7. The maximum Gasteiger partial charge on any atom is 0.335 e. The van der Waals surface area contributed by atoms with Crippen molar-refractivity contribution in [2.75, 3.05) is 39.3 Å². The first-order valence-electron chi connectivity index (χ1n) is 24.7. The number of aromatic hydroxyl groups is 2. The molecule has 378 valence electrons. The van der Waals surface area contributed by atoms with Gasteiger partial charge in [0.05, 0.1) is 11.8 Å². The molecular weight excluding hydrogens is 917 g/mol. The fraction of sp³-hybridized carbons (Fsp3) is 0.357. The fourth-order valence-corrected chi connectivity index (χ4v) is 10.8. The van der Waals surface area contributed by atoms with Crippen molar-refractivity contribution < 1.29 is 49.8 Å². The number of aliphatic hydroxyl groups excluding tert-OH is 2.